The molecule has 3 aromatic rings. The molecule has 0 atom stereocenters. The minimum Gasteiger partial charge on any atom is -0.399 e. The predicted octanol–water partition coefficient (Wildman–Crippen LogP) is 5.31. The van der Waals surface area contributed by atoms with Crippen LogP contribution in [-0.2, 0) is 6.42 Å². The summed E-state index contributed by atoms with van der Waals surface area (Å²) in [5, 5.41) is 0. The minimum atomic E-state index is 0.844. The van der Waals surface area contributed by atoms with E-state index in [1.807, 2.05) is 6.07 Å². The number of hydrogen-bond donors (Lipinski definition) is 1. The molecule has 0 unspecified atom stereocenters. The van der Waals surface area contributed by atoms with Crippen molar-refractivity contribution in [2.45, 2.75) is 20.3 Å². The summed E-state index contributed by atoms with van der Waals surface area (Å²) >= 11 is 0. The Labute approximate surface area is 143 Å². The van der Waals surface area contributed by atoms with Crippen LogP contribution in [0.4, 0.5) is 17.1 Å². The van der Waals surface area contributed by atoms with Crippen LogP contribution in [0.1, 0.15) is 23.6 Å². The van der Waals surface area contributed by atoms with Crippen LogP contribution in [0.5, 0.6) is 0 Å². The largest absolute Gasteiger partial charge is 0.399 e. The van der Waals surface area contributed by atoms with E-state index in [2.05, 4.69) is 73.3 Å². The number of nitrogens with two attached hydrogens (primary N) is 1. The average molecular weight is 314 g/mol. The Balaban J connectivity index is 1.77. The zero-order chi connectivity index (χ0) is 16.7. The maximum atomic E-state index is 5.95. The van der Waals surface area contributed by atoms with Gasteiger partial charge in [-0.3, -0.25) is 0 Å². The van der Waals surface area contributed by atoms with Crippen molar-refractivity contribution in [1.82, 2.24) is 0 Å². The normalized spacial score (nSPS) is 11.9. The number of benzene rings is 3. The third-order valence-electron chi connectivity index (χ3n) is 4.87. The molecule has 1 aliphatic rings. The highest BCUT2D eigenvalue weighted by Crippen LogP contribution is 2.40. The van der Waals surface area contributed by atoms with Crippen LogP contribution in [-0.4, -0.2) is 6.54 Å². The highest BCUT2D eigenvalue weighted by molar-refractivity contribution is 5.82. The molecule has 0 spiro atoms. The Morgan fingerprint density at radius 1 is 0.833 bits per heavy atom. The van der Waals surface area contributed by atoms with E-state index in [9.17, 15) is 0 Å². The molecule has 0 saturated carbocycles. The lowest BCUT2D eigenvalue weighted by atomic mass is 10.0. The van der Waals surface area contributed by atoms with Gasteiger partial charge in [0, 0.05) is 23.6 Å². The highest BCUT2D eigenvalue weighted by atomic mass is 15.1. The molecule has 2 nitrogen and oxygen atoms in total. The summed E-state index contributed by atoms with van der Waals surface area (Å²) in [6.07, 6.45) is 0.979. The van der Waals surface area contributed by atoms with Gasteiger partial charge in [0.05, 0.1) is 0 Å². The molecular weight excluding hydrogens is 292 g/mol. The molecule has 0 heterocycles. The Kier molecular flexibility index (Phi) is 3.53. The fraction of sp³-hybridized carbons (Fsp3) is 0.182. The van der Waals surface area contributed by atoms with E-state index in [0.717, 1.165) is 18.7 Å². The lowest BCUT2D eigenvalue weighted by molar-refractivity contribution is 1.02. The molecule has 0 aromatic heterocycles. The molecule has 0 saturated heterocycles. The third kappa shape index (κ3) is 2.44. The molecule has 0 amide bonds. The van der Waals surface area contributed by atoms with Gasteiger partial charge in [-0.15, -0.1) is 0 Å². The molecule has 4 rings (SSSR count). The Hall–Kier alpha value is -2.74. The van der Waals surface area contributed by atoms with Gasteiger partial charge in [-0.2, -0.15) is 0 Å². The van der Waals surface area contributed by atoms with E-state index >= 15 is 0 Å². The van der Waals surface area contributed by atoms with Crippen LogP contribution in [0, 0.1) is 6.92 Å². The van der Waals surface area contributed by atoms with Crippen molar-refractivity contribution in [3.05, 3.63) is 77.4 Å². The van der Waals surface area contributed by atoms with Gasteiger partial charge in [-0.25, -0.2) is 0 Å². The number of nitrogens with zero attached hydrogens (tertiary/aromatic N) is 1. The fourth-order valence-electron chi connectivity index (χ4n) is 3.60. The first-order valence-electron chi connectivity index (χ1n) is 8.51. The van der Waals surface area contributed by atoms with Crippen molar-refractivity contribution in [2.75, 3.05) is 17.2 Å². The molecule has 2 N–H and O–H groups in total. The Morgan fingerprint density at radius 2 is 1.58 bits per heavy atom. The molecule has 120 valence electrons. The van der Waals surface area contributed by atoms with Crippen molar-refractivity contribution in [3.63, 3.8) is 0 Å². The van der Waals surface area contributed by atoms with Crippen molar-refractivity contribution in [3.8, 4) is 11.1 Å². The fourth-order valence-corrected chi connectivity index (χ4v) is 3.60. The zero-order valence-electron chi connectivity index (χ0n) is 14.2. The van der Waals surface area contributed by atoms with E-state index in [-0.39, 0.29) is 0 Å². The van der Waals surface area contributed by atoms with E-state index in [0.29, 0.717) is 0 Å². The predicted molar refractivity (Wildman–Crippen MR) is 103 cm³/mol. The highest BCUT2D eigenvalue weighted by Gasteiger charge is 2.20. The molecular formula is C22H22N2. The molecule has 0 aliphatic heterocycles. The van der Waals surface area contributed by atoms with Gasteiger partial charge in [0.1, 0.15) is 0 Å². The minimum absolute atomic E-state index is 0.844. The summed E-state index contributed by atoms with van der Waals surface area (Å²) in [7, 11) is 0. The van der Waals surface area contributed by atoms with Gasteiger partial charge in [-0.1, -0.05) is 29.8 Å². The van der Waals surface area contributed by atoms with E-state index in [1.54, 1.807) is 0 Å². The maximum Gasteiger partial charge on any atom is 0.0417 e. The SMILES string of the molecule is CCN(c1ccc(C)cc1)c1ccc2c(c1)-c1ccc(N)cc1C2. The molecule has 1 aliphatic carbocycles. The Morgan fingerprint density at radius 3 is 2.33 bits per heavy atom. The lowest BCUT2D eigenvalue weighted by Crippen LogP contribution is -2.15. The zero-order valence-corrected chi connectivity index (χ0v) is 14.2. The summed E-state index contributed by atoms with van der Waals surface area (Å²) in [6.45, 7) is 5.26. The smallest absolute Gasteiger partial charge is 0.0417 e. The molecule has 0 radical (unpaired) electrons. The summed E-state index contributed by atoms with van der Waals surface area (Å²) in [6, 6.07) is 21.8. The third-order valence-corrected chi connectivity index (χ3v) is 4.87. The molecule has 0 bridgehead atoms. The summed E-state index contributed by atoms with van der Waals surface area (Å²) in [5.41, 5.74) is 15.9. The quantitative estimate of drug-likeness (QED) is 0.519. The summed E-state index contributed by atoms with van der Waals surface area (Å²) in [4.78, 5) is 2.36. The first kappa shape index (κ1) is 14.8. The maximum absolute atomic E-state index is 5.95. The summed E-state index contributed by atoms with van der Waals surface area (Å²) < 4.78 is 0. The number of hydrogen-bond acceptors (Lipinski definition) is 2. The molecule has 2 heteroatoms. The van der Waals surface area contributed by atoms with Gasteiger partial charge in [0.2, 0.25) is 0 Å². The first-order chi connectivity index (χ1) is 11.7. The standard InChI is InChI=1S/C22H22N2/c1-3-24(19-8-4-15(2)5-9-19)20-10-6-16-12-17-13-18(23)7-11-21(17)22(16)14-20/h4-11,13-14H,3,12,23H2,1-2H3. The average Bonchev–Trinajstić information content (AvgIpc) is 2.94. The van der Waals surface area contributed by atoms with Crippen LogP contribution >= 0.6 is 0 Å². The molecule has 0 fully saturated rings. The lowest BCUT2D eigenvalue weighted by Gasteiger charge is -2.24. The van der Waals surface area contributed by atoms with Crippen LogP contribution in [0.15, 0.2) is 60.7 Å². The van der Waals surface area contributed by atoms with Crippen LogP contribution < -0.4 is 10.6 Å². The van der Waals surface area contributed by atoms with Gasteiger partial charge >= 0.3 is 0 Å². The van der Waals surface area contributed by atoms with E-state index in [1.165, 1.54) is 39.2 Å². The van der Waals surface area contributed by atoms with Crippen molar-refractivity contribution in [1.29, 1.82) is 0 Å². The number of anilines is 3. The second-order valence-corrected chi connectivity index (χ2v) is 6.51. The van der Waals surface area contributed by atoms with Gasteiger partial charge in [-0.05, 0) is 78.9 Å². The second kappa shape index (κ2) is 5.72. The number of rotatable bonds is 3. The van der Waals surface area contributed by atoms with E-state index in [4.69, 9.17) is 5.73 Å². The van der Waals surface area contributed by atoms with Crippen LogP contribution in [0.2, 0.25) is 0 Å². The van der Waals surface area contributed by atoms with E-state index < -0.39 is 0 Å². The second-order valence-electron chi connectivity index (χ2n) is 6.51. The van der Waals surface area contributed by atoms with Crippen molar-refractivity contribution < 1.29 is 0 Å². The van der Waals surface area contributed by atoms with Gasteiger partial charge < -0.3 is 10.6 Å². The van der Waals surface area contributed by atoms with Crippen LogP contribution in [0.3, 0.4) is 0 Å². The molecule has 24 heavy (non-hydrogen) atoms. The van der Waals surface area contributed by atoms with Crippen LogP contribution in [0.25, 0.3) is 11.1 Å². The topological polar surface area (TPSA) is 29.3 Å². The monoisotopic (exact) mass is 314 g/mol. The Bertz CT molecular complexity index is 894. The van der Waals surface area contributed by atoms with Gasteiger partial charge in [0.15, 0.2) is 0 Å². The van der Waals surface area contributed by atoms with Crippen molar-refractivity contribution in [2.24, 2.45) is 0 Å². The number of nitrogen functional groups attached to an aromatic ring is 1. The number of fused-ring (bicyclic) bond motifs is 3. The van der Waals surface area contributed by atoms with Crippen molar-refractivity contribution >= 4 is 17.1 Å². The van der Waals surface area contributed by atoms with Gasteiger partial charge in [0.25, 0.3) is 0 Å². The number of aryl methyl sites for hydroxylation is 1. The molecule has 3 aromatic carbocycles. The summed E-state index contributed by atoms with van der Waals surface area (Å²) in [5.74, 6) is 0. The first-order valence-corrected chi connectivity index (χ1v) is 8.51.